The quantitative estimate of drug-likeness (QED) is 0.809. The maximum absolute atomic E-state index is 11.8. The van der Waals surface area contributed by atoms with E-state index in [0.29, 0.717) is 17.0 Å². The van der Waals surface area contributed by atoms with Crippen LogP contribution in [0.25, 0.3) is 0 Å². The summed E-state index contributed by atoms with van der Waals surface area (Å²) < 4.78 is 10.3. The number of carbonyl (C=O) groups excluding carboxylic acids is 2. The van der Waals surface area contributed by atoms with Gasteiger partial charge in [0.25, 0.3) is 5.91 Å². The second-order valence-electron chi connectivity index (χ2n) is 5.97. The fourth-order valence-electron chi connectivity index (χ4n) is 2.79. The molecule has 0 bridgehead atoms. The van der Waals surface area contributed by atoms with Crippen LogP contribution >= 0.6 is 0 Å². The van der Waals surface area contributed by atoms with E-state index in [4.69, 9.17) is 14.7 Å². The number of esters is 1. The molecule has 6 nitrogen and oxygen atoms in total. The number of fused-ring (bicyclic) bond motifs is 1. The van der Waals surface area contributed by atoms with Crippen LogP contribution < -0.4 is 10.1 Å². The maximum Gasteiger partial charge on any atom is 0.344 e. The van der Waals surface area contributed by atoms with Gasteiger partial charge in [0.1, 0.15) is 5.75 Å². The lowest BCUT2D eigenvalue weighted by Gasteiger charge is -2.09. The topological polar surface area (TPSA) is 88.4 Å². The number of nitrogens with one attached hydrogen (secondary N) is 1. The maximum atomic E-state index is 11.8. The van der Waals surface area contributed by atoms with E-state index in [1.807, 2.05) is 24.3 Å². The molecule has 132 valence electrons. The molecule has 3 rings (SSSR count). The van der Waals surface area contributed by atoms with Gasteiger partial charge in [0.2, 0.25) is 0 Å². The van der Waals surface area contributed by atoms with Gasteiger partial charge >= 0.3 is 5.97 Å². The van der Waals surface area contributed by atoms with Crippen molar-refractivity contribution in [1.29, 1.82) is 5.26 Å². The third kappa shape index (κ3) is 4.61. The molecule has 6 heteroatoms. The van der Waals surface area contributed by atoms with Crippen molar-refractivity contribution in [3.63, 3.8) is 0 Å². The van der Waals surface area contributed by atoms with Crippen LogP contribution in [0.3, 0.4) is 0 Å². The van der Waals surface area contributed by atoms with E-state index in [2.05, 4.69) is 5.32 Å². The third-order valence-corrected chi connectivity index (χ3v) is 4.09. The number of ether oxygens (including phenoxy) is 2. The van der Waals surface area contributed by atoms with Gasteiger partial charge in [-0.2, -0.15) is 5.26 Å². The molecule has 0 atom stereocenters. The number of benzene rings is 2. The van der Waals surface area contributed by atoms with Gasteiger partial charge in [0.05, 0.1) is 11.6 Å². The van der Waals surface area contributed by atoms with Crippen molar-refractivity contribution >= 4 is 17.6 Å². The van der Waals surface area contributed by atoms with Crippen LogP contribution in [-0.4, -0.2) is 25.1 Å². The van der Waals surface area contributed by atoms with E-state index in [-0.39, 0.29) is 6.61 Å². The van der Waals surface area contributed by atoms with Crippen LogP contribution in [0.2, 0.25) is 0 Å². The Labute approximate surface area is 151 Å². The highest BCUT2D eigenvalue weighted by atomic mass is 16.6. The molecule has 0 saturated carbocycles. The van der Waals surface area contributed by atoms with Crippen LogP contribution in [-0.2, 0) is 27.2 Å². The molecule has 1 aliphatic carbocycles. The van der Waals surface area contributed by atoms with Crippen molar-refractivity contribution in [3.05, 3.63) is 59.2 Å². The van der Waals surface area contributed by atoms with Gasteiger partial charge in [-0.3, -0.25) is 4.79 Å². The van der Waals surface area contributed by atoms with Gasteiger partial charge in [-0.05, 0) is 66.8 Å². The monoisotopic (exact) mass is 350 g/mol. The van der Waals surface area contributed by atoms with Gasteiger partial charge in [0, 0.05) is 5.69 Å². The van der Waals surface area contributed by atoms with Crippen LogP contribution in [0, 0.1) is 11.3 Å². The highest BCUT2D eigenvalue weighted by molar-refractivity contribution is 5.92. The largest absolute Gasteiger partial charge is 0.482 e. The number of hydrogen-bond acceptors (Lipinski definition) is 5. The highest BCUT2D eigenvalue weighted by Crippen LogP contribution is 2.25. The summed E-state index contributed by atoms with van der Waals surface area (Å²) in [6, 6.07) is 14.2. The summed E-state index contributed by atoms with van der Waals surface area (Å²) in [6.45, 7) is -0.644. The van der Waals surface area contributed by atoms with Crippen LogP contribution in [0.1, 0.15) is 23.1 Å². The first-order valence-corrected chi connectivity index (χ1v) is 8.34. The van der Waals surface area contributed by atoms with E-state index in [1.54, 1.807) is 24.3 Å². The summed E-state index contributed by atoms with van der Waals surface area (Å²) in [5.74, 6) is -0.439. The molecule has 1 amide bonds. The van der Waals surface area contributed by atoms with Gasteiger partial charge in [-0.1, -0.05) is 6.07 Å². The number of carbonyl (C=O) groups is 2. The van der Waals surface area contributed by atoms with Crippen molar-refractivity contribution in [1.82, 2.24) is 0 Å². The van der Waals surface area contributed by atoms with Crippen molar-refractivity contribution in [3.8, 4) is 11.8 Å². The van der Waals surface area contributed by atoms with Crippen molar-refractivity contribution in [2.24, 2.45) is 0 Å². The molecule has 0 spiro atoms. The Bertz CT molecular complexity index is 853. The number of nitriles is 1. The molecule has 0 fully saturated rings. The first-order chi connectivity index (χ1) is 12.6. The van der Waals surface area contributed by atoms with Gasteiger partial charge in [-0.15, -0.1) is 0 Å². The normalized spacial score (nSPS) is 12.0. The molecule has 0 aliphatic heterocycles. The number of amides is 1. The van der Waals surface area contributed by atoms with Gasteiger partial charge in [0.15, 0.2) is 13.2 Å². The first kappa shape index (κ1) is 17.5. The number of hydrogen-bond donors (Lipinski definition) is 1. The SMILES string of the molecule is N#Cc1ccc(NC(=O)COC(=O)COc2ccc3c(c2)CCC3)cc1. The fourth-order valence-corrected chi connectivity index (χ4v) is 2.79. The zero-order chi connectivity index (χ0) is 18.4. The molecule has 0 heterocycles. The summed E-state index contributed by atoms with van der Waals surface area (Å²) in [6.07, 6.45) is 3.27. The van der Waals surface area contributed by atoms with Crippen molar-refractivity contribution < 1.29 is 19.1 Å². The second-order valence-corrected chi connectivity index (χ2v) is 5.97. The summed E-state index contributed by atoms with van der Waals surface area (Å²) in [4.78, 5) is 23.5. The van der Waals surface area contributed by atoms with E-state index in [0.717, 1.165) is 19.3 Å². The molecule has 1 aliphatic rings. The lowest BCUT2D eigenvalue weighted by molar-refractivity contribution is -0.149. The molecule has 2 aromatic rings. The molecule has 0 aromatic heterocycles. The van der Waals surface area contributed by atoms with Crippen LogP contribution in [0.5, 0.6) is 5.75 Å². The highest BCUT2D eigenvalue weighted by Gasteiger charge is 2.13. The van der Waals surface area contributed by atoms with Gasteiger partial charge in [-0.25, -0.2) is 4.79 Å². The zero-order valence-electron chi connectivity index (χ0n) is 14.2. The molecule has 0 saturated heterocycles. The molecule has 2 aromatic carbocycles. The lowest BCUT2D eigenvalue weighted by atomic mass is 10.1. The Kier molecular flexibility index (Phi) is 5.49. The van der Waals surface area contributed by atoms with Crippen LogP contribution in [0.15, 0.2) is 42.5 Å². The van der Waals surface area contributed by atoms with E-state index in [1.165, 1.54) is 11.1 Å². The molecule has 26 heavy (non-hydrogen) atoms. The summed E-state index contributed by atoms with van der Waals surface area (Å²) in [5, 5.41) is 11.3. The third-order valence-electron chi connectivity index (χ3n) is 4.09. The first-order valence-electron chi connectivity index (χ1n) is 8.34. The Balaban J connectivity index is 1.40. The Morgan fingerprint density at radius 2 is 1.81 bits per heavy atom. The molecule has 1 N–H and O–H groups in total. The minimum Gasteiger partial charge on any atom is -0.482 e. The van der Waals surface area contributed by atoms with E-state index < -0.39 is 18.5 Å². The Morgan fingerprint density at radius 3 is 2.58 bits per heavy atom. The molecular weight excluding hydrogens is 332 g/mol. The summed E-state index contributed by atoms with van der Waals surface area (Å²) in [7, 11) is 0. The second kappa shape index (κ2) is 8.17. The molecule has 0 unspecified atom stereocenters. The van der Waals surface area contributed by atoms with E-state index in [9.17, 15) is 9.59 Å². The average Bonchev–Trinajstić information content (AvgIpc) is 3.13. The Morgan fingerprint density at radius 1 is 1.04 bits per heavy atom. The van der Waals surface area contributed by atoms with Crippen molar-refractivity contribution in [2.75, 3.05) is 18.5 Å². The lowest BCUT2D eigenvalue weighted by Crippen LogP contribution is -2.23. The summed E-state index contributed by atoms with van der Waals surface area (Å²) >= 11 is 0. The van der Waals surface area contributed by atoms with E-state index >= 15 is 0 Å². The standard InChI is InChI=1S/C20H18N2O4/c21-11-14-4-7-17(8-5-14)22-19(23)12-26-20(24)13-25-18-9-6-15-2-1-3-16(15)10-18/h4-10H,1-3,12-13H2,(H,22,23). The van der Waals surface area contributed by atoms with Crippen molar-refractivity contribution in [2.45, 2.75) is 19.3 Å². The fraction of sp³-hybridized carbons (Fsp3) is 0.250. The number of aryl methyl sites for hydroxylation is 2. The molecular formula is C20H18N2O4. The number of rotatable bonds is 6. The smallest absolute Gasteiger partial charge is 0.344 e. The summed E-state index contributed by atoms with van der Waals surface area (Å²) in [5.41, 5.74) is 3.62. The number of anilines is 1. The Hall–Kier alpha value is -3.33. The molecule has 0 radical (unpaired) electrons. The van der Waals surface area contributed by atoms with Crippen LogP contribution in [0.4, 0.5) is 5.69 Å². The predicted octanol–water partition coefficient (Wildman–Crippen LogP) is 2.61. The minimum absolute atomic E-state index is 0.247. The van der Waals surface area contributed by atoms with Gasteiger partial charge < -0.3 is 14.8 Å². The average molecular weight is 350 g/mol. The predicted molar refractivity (Wildman–Crippen MR) is 94.7 cm³/mol. The minimum atomic E-state index is -0.611. The zero-order valence-corrected chi connectivity index (χ0v) is 14.2. The number of nitrogens with zero attached hydrogens (tertiary/aromatic N) is 1.